The number of fused-ring (bicyclic) bond motifs is 1. The summed E-state index contributed by atoms with van der Waals surface area (Å²) in [5, 5.41) is 20.8. The van der Waals surface area contributed by atoms with Crippen molar-refractivity contribution < 1.29 is 23.4 Å². The van der Waals surface area contributed by atoms with Gasteiger partial charge in [0.2, 0.25) is 10.0 Å². The fourth-order valence-corrected chi connectivity index (χ4v) is 6.31. The Morgan fingerprint density at radius 1 is 0.970 bits per heavy atom. The summed E-state index contributed by atoms with van der Waals surface area (Å²) in [4.78, 5) is 11.0. The third kappa shape index (κ3) is 4.94. The van der Waals surface area contributed by atoms with Crippen molar-refractivity contribution in [3.05, 3.63) is 84.4 Å². The van der Waals surface area contributed by atoms with Crippen LogP contribution in [0.15, 0.2) is 83.8 Å². The van der Waals surface area contributed by atoms with Crippen molar-refractivity contribution in [2.75, 3.05) is 13.1 Å². The van der Waals surface area contributed by atoms with E-state index in [2.05, 4.69) is 0 Å². The maximum absolute atomic E-state index is 13.7. The van der Waals surface area contributed by atoms with E-state index in [1.54, 1.807) is 24.3 Å². The quantitative estimate of drug-likeness (QED) is 0.468. The second-order valence-electron chi connectivity index (χ2n) is 8.36. The minimum Gasteiger partial charge on any atom is -0.508 e. The van der Waals surface area contributed by atoms with Crippen LogP contribution in [0.3, 0.4) is 0 Å². The molecule has 7 heteroatoms. The molecule has 172 valence electrons. The number of aliphatic carboxylic acids is 1. The van der Waals surface area contributed by atoms with Gasteiger partial charge in [-0.2, -0.15) is 4.31 Å². The molecular formula is C26H27NO5S. The van der Waals surface area contributed by atoms with Crippen LogP contribution < -0.4 is 0 Å². The van der Waals surface area contributed by atoms with Crippen LogP contribution in [-0.4, -0.2) is 42.0 Å². The molecule has 0 amide bonds. The predicted molar refractivity (Wildman–Crippen MR) is 128 cm³/mol. The standard InChI is InChI=1S/C26H27NO5S/c28-24-14-7-6-13-22(24)23-18-27(17-20(23)10-2-1-3-16-26(29)30)33(31,32)25-15-8-11-19-9-4-5-12-21(19)25/h1-2,4-9,11-15,20,23,28H,3,10,16-18H2,(H,29,30)/b2-1-. The highest BCUT2D eigenvalue weighted by Gasteiger charge is 2.40. The van der Waals surface area contributed by atoms with Gasteiger partial charge in [-0.1, -0.05) is 66.7 Å². The van der Waals surface area contributed by atoms with Crippen molar-refractivity contribution in [3.8, 4) is 5.75 Å². The predicted octanol–water partition coefficient (Wildman–Crippen LogP) is 4.76. The summed E-state index contributed by atoms with van der Waals surface area (Å²) in [6.45, 7) is 0.602. The number of nitrogens with zero attached hydrogens (tertiary/aromatic N) is 1. The van der Waals surface area contributed by atoms with Crippen LogP contribution in [0.5, 0.6) is 5.75 Å². The number of carboxylic acids is 1. The molecule has 2 N–H and O–H groups in total. The van der Waals surface area contributed by atoms with E-state index < -0.39 is 16.0 Å². The van der Waals surface area contributed by atoms with Gasteiger partial charge in [0.05, 0.1) is 4.90 Å². The van der Waals surface area contributed by atoms with E-state index in [9.17, 15) is 18.3 Å². The number of carbonyl (C=O) groups is 1. The van der Waals surface area contributed by atoms with Gasteiger partial charge in [-0.05, 0) is 41.8 Å². The van der Waals surface area contributed by atoms with Gasteiger partial charge in [0.1, 0.15) is 5.75 Å². The average Bonchev–Trinajstić information content (AvgIpc) is 3.23. The van der Waals surface area contributed by atoms with Crippen LogP contribution in [-0.2, 0) is 14.8 Å². The SMILES string of the molecule is O=C(O)CC/C=C\CC1CN(S(=O)(=O)c2cccc3ccccc23)CC1c1ccccc1O. The molecule has 0 spiro atoms. The second-order valence-corrected chi connectivity index (χ2v) is 10.3. The minimum atomic E-state index is -3.75. The summed E-state index contributed by atoms with van der Waals surface area (Å²) in [6.07, 6.45) is 4.85. The maximum Gasteiger partial charge on any atom is 0.303 e. The molecular weight excluding hydrogens is 438 g/mol. The fourth-order valence-electron chi connectivity index (χ4n) is 4.58. The third-order valence-corrected chi connectivity index (χ3v) is 8.13. The molecule has 3 aromatic rings. The van der Waals surface area contributed by atoms with Crippen molar-refractivity contribution in [3.63, 3.8) is 0 Å². The van der Waals surface area contributed by atoms with Gasteiger partial charge >= 0.3 is 5.97 Å². The average molecular weight is 466 g/mol. The first kappa shape index (κ1) is 23.0. The number of phenols is 1. The molecule has 1 aliphatic heterocycles. The van der Waals surface area contributed by atoms with Crippen LogP contribution in [0.2, 0.25) is 0 Å². The van der Waals surface area contributed by atoms with E-state index in [0.717, 1.165) is 10.9 Å². The topological polar surface area (TPSA) is 94.9 Å². The minimum absolute atomic E-state index is 0.0378. The number of sulfonamides is 1. The molecule has 0 radical (unpaired) electrons. The Morgan fingerprint density at radius 3 is 2.48 bits per heavy atom. The smallest absolute Gasteiger partial charge is 0.303 e. The van der Waals surface area contributed by atoms with Crippen molar-refractivity contribution in [1.82, 2.24) is 4.31 Å². The van der Waals surface area contributed by atoms with Crippen LogP contribution in [0, 0.1) is 5.92 Å². The molecule has 0 aromatic heterocycles. The van der Waals surface area contributed by atoms with Gasteiger partial charge in [-0.3, -0.25) is 4.79 Å². The number of benzene rings is 3. The van der Waals surface area contributed by atoms with Gasteiger partial charge in [-0.25, -0.2) is 8.42 Å². The molecule has 1 heterocycles. The lowest BCUT2D eigenvalue weighted by Gasteiger charge is -2.18. The number of allylic oxidation sites excluding steroid dienone is 2. The Kier molecular flexibility index (Phi) is 6.81. The molecule has 0 saturated carbocycles. The van der Waals surface area contributed by atoms with Crippen LogP contribution >= 0.6 is 0 Å². The van der Waals surface area contributed by atoms with Crippen LogP contribution in [0.25, 0.3) is 10.8 Å². The summed E-state index contributed by atoms with van der Waals surface area (Å²) in [6, 6.07) is 19.8. The summed E-state index contributed by atoms with van der Waals surface area (Å²) < 4.78 is 28.9. The molecule has 1 aliphatic rings. The molecule has 2 unspecified atom stereocenters. The summed E-state index contributed by atoms with van der Waals surface area (Å²) in [7, 11) is -3.75. The number of aromatic hydroxyl groups is 1. The highest BCUT2D eigenvalue weighted by atomic mass is 32.2. The van der Waals surface area contributed by atoms with Gasteiger partial charge in [0.15, 0.2) is 0 Å². The van der Waals surface area contributed by atoms with Crippen LogP contribution in [0.4, 0.5) is 0 Å². The number of hydrogen-bond donors (Lipinski definition) is 2. The molecule has 33 heavy (non-hydrogen) atoms. The number of hydrogen-bond acceptors (Lipinski definition) is 4. The van der Waals surface area contributed by atoms with Gasteiger partial charge < -0.3 is 10.2 Å². The Bertz CT molecular complexity index is 1280. The van der Waals surface area contributed by atoms with E-state index in [1.165, 1.54) is 4.31 Å². The van der Waals surface area contributed by atoms with E-state index >= 15 is 0 Å². The lowest BCUT2D eigenvalue weighted by Crippen LogP contribution is -2.29. The third-order valence-electron chi connectivity index (χ3n) is 6.24. The van der Waals surface area contributed by atoms with E-state index in [1.807, 2.05) is 54.6 Å². The Labute approximate surface area is 193 Å². The van der Waals surface area contributed by atoms with Gasteiger partial charge in [-0.15, -0.1) is 0 Å². The molecule has 3 aromatic carbocycles. The zero-order valence-electron chi connectivity index (χ0n) is 18.2. The highest BCUT2D eigenvalue weighted by Crippen LogP contribution is 2.41. The number of phenolic OH excluding ortho intramolecular Hbond substituents is 1. The second kappa shape index (κ2) is 9.77. The lowest BCUT2D eigenvalue weighted by atomic mass is 9.86. The first-order valence-electron chi connectivity index (χ1n) is 11.0. The van der Waals surface area contributed by atoms with Crippen molar-refractivity contribution in [2.24, 2.45) is 5.92 Å². The fraction of sp³-hybridized carbons (Fsp3) is 0.269. The Hall–Kier alpha value is -3.16. The lowest BCUT2D eigenvalue weighted by molar-refractivity contribution is -0.136. The van der Waals surface area contributed by atoms with E-state index in [-0.39, 0.29) is 35.4 Å². The molecule has 0 aliphatic carbocycles. The zero-order valence-corrected chi connectivity index (χ0v) is 19.0. The highest BCUT2D eigenvalue weighted by molar-refractivity contribution is 7.89. The first-order chi connectivity index (χ1) is 15.9. The molecule has 2 atom stereocenters. The number of rotatable bonds is 8. The maximum atomic E-state index is 13.7. The molecule has 0 bridgehead atoms. The molecule has 6 nitrogen and oxygen atoms in total. The van der Waals surface area contributed by atoms with Crippen LogP contribution in [0.1, 0.15) is 30.7 Å². The monoisotopic (exact) mass is 465 g/mol. The van der Waals surface area contributed by atoms with Crippen molar-refractivity contribution in [1.29, 1.82) is 0 Å². The summed E-state index contributed by atoms with van der Waals surface area (Å²) >= 11 is 0. The largest absolute Gasteiger partial charge is 0.508 e. The summed E-state index contributed by atoms with van der Waals surface area (Å²) in [5.41, 5.74) is 0.733. The van der Waals surface area contributed by atoms with Crippen molar-refractivity contribution >= 4 is 26.8 Å². The normalized spacial score (nSPS) is 19.4. The van der Waals surface area contributed by atoms with Gasteiger partial charge in [0.25, 0.3) is 0 Å². The molecule has 1 fully saturated rings. The Balaban J connectivity index is 1.64. The zero-order chi connectivity index (χ0) is 23.4. The van der Waals surface area contributed by atoms with E-state index in [4.69, 9.17) is 5.11 Å². The molecule has 4 rings (SSSR count). The first-order valence-corrected chi connectivity index (χ1v) is 12.4. The summed E-state index contributed by atoms with van der Waals surface area (Å²) in [5.74, 6) is -0.893. The van der Waals surface area contributed by atoms with E-state index in [0.29, 0.717) is 24.8 Å². The number of para-hydroxylation sites is 1. The Morgan fingerprint density at radius 2 is 1.70 bits per heavy atom. The van der Waals surface area contributed by atoms with Gasteiger partial charge in [0, 0.05) is 30.8 Å². The number of carboxylic acid groups (broad SMARTS) is 1. The molecule has 1 saturated heterocycles. The van der Waals surface area contributed by atoms with Crippen molar-refractivity contribution in [2.45, 2.75) is 30.1 Å².